The molecule has 0 saturated carbocycles. The largest absolute Gasteiger partial charge is 0.333 e. The topological polar surface area (TPSA) is 161 Å². The molecule has 0 saturated heterocycles. The first-order chi connectivity index (χ1) is 7.00. The van der Waals surface area contributed by atoms with Crippen LogP contribution in [0.25, 0.3) is 0 Å². The van der Waals surface area contributed by atoms with E-state index in [0.717, 1.165) is 0 Å². The number of aromatic nitrogens is 8. The Hall–Kier alpha value is -1.94. The average molecular weight is 202 g/mol. The number of aromatic amines is 2. The van der Waals surface area contributed by atoms with Crippen LogP contribution in [-0.2, 0) is 0 Å². The van der Waals surface area contributed by atoms with Crippen molar-refractivity contribution in [2.45, 2.75) is 0 Å². The van der Waals surface area contributed by atoms with Crippen LogP contribution in [0.2, 0.25) is 0 Å². The van der Waals surface area contributed by atoms with Gasteiger partial charge in [-0.2, -0.15) is 10.4 Å². The summed E-state index contributed by atoms with van der Waals surface area (Å²) in [6, 6.07) is 0. The second kappa shape index (κ2) is 17.2. The lowest BCUT2D eigenvalue weighted by Gasteiger charge is -1.44. The maximum absolute atomic E-state index is 4.50. The summed E-state index contributed by atoms with van der Waals surface area (Å²) in [7, 11) is 3.00. The van der Waals surface area contributed by atoms with E-state index >= 15 is 0 Å². The van der Waals surface area contributed by atoms with Crippen molar-refractivity contribution in [3.8, 4) is 0 Å². The number of hydrogen-bond donors (Lipinski definition) is 4. The monoisotopic (exact) mass is 202 g/mol. The number of H-pyrrole nitrogens is 2. The zero-order chi connectivity index (χ0) is 11.1. The van der Waals surface area contributed by atoms with Crippen molar-refractivity contribution in [3.63, 3.8) is 0 Å². The molecule has 0 aliphatic rings. The first-order valence-corrected chi connectivity index (χ1v) is 3.48. The predicted octanol–water partition coefficient (Wildman–Crippen LogP) is -2.45. The van der Waals surface area contributed by atoms with Crippen LogP contribution >= 0.6 is 0 Å². The van der Waals surface area contributed by atoms with E-state index in [1.807, 2.05) is 0 Å². The van der Waals surface area contributed by atoms with Crippen LogP contribution in [0.5, 0.6) is 0 Å². The molecule has 10 heteroatoms. The lowest BCUT2D eigenvalue weighted by molar-refractivity contribution is 0.881. The molecule has 10 nitrogen and oxygen atoms in total. The second-order valence-electron chi connectivity index (χ2n) is 1.12. The zero-order valence-corrected chi connectivity index (χ0v) is 7.99. The van der Waals surface area contributed by atoms with Crippen LogP contribution in [0.4, 0.5) is 0 Å². The summed E-state index contributed by atoms with van der Waals surface area (Å²) in [4.78, 5) is 0. The molecule has 0 unspecified atom stereocenters. The van der Waals surface area contributed by atoms with E-state index in [9.17, 15) is 0 Å². The van der Waals surface area contributed by atoms with Crippen molar-refractivity contribution >= 4 is 0 Å². The zero-order valence-electron chi connectivity index (χ0n) is 7.99. The molecule has 6 N–H and O–H groups in total. The Labute approximate surface area is 80.5 Å². The molecule has 0 fully saturated rings. The third-order valence-corrected chi connectivity index (χ3v) is 0.539. The van der Waals surface area contributed by atoms with Crippen LogP contribution in [-0.4, -0.2) is 55.3 Å². The fraction of sp³-hybridized carbons (Fsp3) is 0.500. The number of nitrogens with two attached hydrogens (primary N) is 2. The summed E-state index contributed by atoms with van der Waals surface area (Å²) in [5.74, 6) is 0. The van der Waals surface area contributed by atoms with Crippen LogP contribution < -0.4 is 11.5 Å². The highest BCUT2D eigenvalue weighted by Crippen LogP contribution is 1.44. The summed E-state index contributed by atoms with van der Waals surface area (Å²) in [6.45, 7) is 0. The van der Waals surface area contributed by atoms with Crippen molar-refractivity contribution in [2.24, 2.45) is 11.5 Å². The number of tetrazole rings is 2. The molecule has 80 valence electrons. The predicted molar refractivity (Wildman–Crippen MR) is 48.6 cm³/mol. The highest BCUT2D eigenvalue weighted by Gasteiger charge is 1.58. The van der Waals surface area contributed by atoms with Gasteiger partial charge in [0.25, 0.3) is 0 Å². The van der Waals surface area contributed by atoms with Gasteiger partial charge in [-0.1, -0.05) is 10.4 Å². The minimum absolute atomic E-state index is 1.33. The van der Waals surface area contributed by atoms with E-state index in [2.05, 4.69) is 52.7 Å². The molecule has 0 bridgehead atoms. The minimum atomic E-state index is 1.33. The third kappa shape index (κ3) is 12.7. The van der Waals surface area contributed by atoms with Gasteiger partial charge in [0.2, 0.25) is 0 Å². The fourth-order valence-electron chi connectivity index (χ4n) is 0.258. The number of nitrogens with one attached hydrogen (secondary N) is 2. The second-order valence-corrected chi connectivity index (χ2v) is 1.12. The summed E-state index contributed by atoms with van der Waals surface area (Å²) in [6.07, 6.45) is 2.67. The van der Waals surface area contributed by atoms with Crippen molar-refractivity contribution in [2.75, 3.05) is 14.1 Å². The SMILES string of the molecule is CN.CN.c1nn[nH]n1.c1nn[nH]n1. The molecule has 0 aromatic carbocycles. The minimum Gasteiger partial charge on any atom is -0.333 e. The average Bonchev–Trinajstić information content (AvgIpc) is 3.01. The Morgan fingerprint density at radius 3 is 1.21 bits per heavy atom. The van der Waals surface area contributed by atoms with E-state index in [4.69, 9.17) is 0 Å². The van der Waals surface area contributed by atoms with Crippen LogP contribution in [0.15, 0.2) is 12.7 Å². The van der Waals surface area contributed by atoms with Crippen molar-refractivity contribution in [1.82, 2.24) is 41.2 Å². The van der Waals surface area contributed by atoms with Crippen molar-refractivity contribution in [3.05, 3.63) is 12.7 Å². The maximum atomic E-state index is 4.50. The van der Waals surface area contributed by atoms with Gasteiger partial charge in [-0.05, 0) is 14.1 Å². The quantitative estimate of drug-likeness (QED) is 0.366. The van der Waals surface area contributed by atoms with Gasteiger partial charge in [0, 0.05) is 0 Å². The van der Waals surface area contributed by atoms with Gasteiger partial charge in [-0.25, -0.2) is 0 Å². The van der Waals surface area contributed by atoms with Crippen LogP contribution in [0.1, 0.15) is 0 Å². The highest BCUT2D eigenvalue weighted by molar-refractivity contribution is 4.25. The summed E-state index contributed by atoms with van der Waals surface area (Å²) < 4.78 is 0. The molecule has 2 rings (SSSR count). The van der Waals surface area contributed by atoms with Crippen molar-refractivity contribution in [1.29, 1.82) is 0 Å². The Morgan fingerprint density at radius 1 is 0.786 bits per heavy atom. The normalized spacial score (nSPS) is 6.57. The summed E-state index contributed by atoms with van der Waals surface area (Å²) >= 11 is 0. The molecule has 0 amide bonds. The summed E-state index contributed by atoms with van der Waals surface area (Å²) in [5.41, 5.74) is 9.00. The standard InChI is InChI=1S/2CH2N4.2CH5N/c2*1-2-4-5-3-1;2*1-2/h2*1H,(H,2,3,4,5);2*2H2,1H3. The van der Waals surface area contributed by atoms with Gasteiger partial charge in [0.1, 0.15) is 0 Å². The first-order valence-electron chi connectivity index (χ1n) is 3.48. The molecule has 0 spiro atoms. The maximum Gasteiger partial charge on any atom is 0.161 e. The number of rotatable bonds is 0. The third-order valence-electron chi connectivity index (χ3n) is 0.539. The molecule has 0 aliphatic heterocycles. The molecule has 2 aromatic heterocycles. The van der Waals surface area contributed by atoms with Gasteiger partial charge in [-0.3, -0.25) is 0 Å². The van der Waals surface area contributed by atoms with Gasteiger partial charge in [0.05, 0.1) is 0 Å². The summed E-state index contributed by atoms with van der Waals surface area (Å²) in [5, 5.41) is 24.3. The van der Waals surface area contributed by atoms with Crippen LogP contribution in [0, 0.1) is 0 Å². The lowest BCUT2D eigenvalue weighted by Crippen LogP contribution is -1.69. The van der Waals surface area contributed by atoms with E-state index in [-0.39, 0.29) is 0 Å². The van der Waals surface area contributed by atoms with E-state index in [1.54, 1.807) is 0 Å². The van der Waals surface area contributed by atoms with Gasteiger partial charge in [0.15, 0.2) is 12.7 Å². The fourth-order valence-corrected chi connectivity index (χ4v) is 0.258. The Kier molecular flexibility index (Phi) is 17.9. The van der Waals surface area contributed by atoms with E-state index in [0.29, 0.717) is 0 Å². The van der Waals surface area contributed by atoms with Gasteiger partial charge >= 0.3 is 0 Å². The molecular formula is C4H14N10. The number of hydrogen-bond acceptors (Lipinski definition) is 8. The highest BCUT2D eigenvalue weighted by atomic mass is 15.5. The molecule has 0 radical (unpaired) electrons. The van der Waals surface area contributed by atoms with E-state index in [1.165, 1.54) is 26.7 Å². The first kappa shape index (κ1) is 14.6. The Balaban J connectivity index is 0. The molecular weight excluding hydrogens is 188 g/mol. The van der Waals surface area contributed by atoms with Crippen LogP contribution in [0.3, 0.4) is 0 Å². The molecule has 14 heavy (non-hydrogen) atoms. The Bertz CT molecular complexity index is 151. The molecule has 2 aromatic rings. The molecule has 2 heterocycles. The molecule has 0 atom stereocenters. The Morgan fingerprint density at radius 2 is 1.14 bits per heavy atom. The van der Waals surface area contributed by atoms with E-state index < -0.39 is 0 Å². The number of nitrogens with zero attached hydrogens (tertiary/aromatic N) is 6. The van der Waals surface area contributed by atoms with Crippen molar-refractivity contribution < 1.29 is 0 Å². The van der Waals surface area contributed by atoms with Gasteiger partial charge < -0.3 is 11.5 Å². The van der Waals surface area contributed by atoms with Gasteiger partial charge in [-0.15, -0.1) is 20.4 Å². The smallest absolute Gasteiger partial charge is 0.161 e. The molecule has 0 aliphatic carbocycles. The lowest BCUT2D eigenvalue weighted by atomic mass is 11.4.